The van der Waals surface area contributed by atoms with Crippen molar-refractivity contribution in [3.8, 4) is 0 Å². The van der Waals surface area contributed by atoms with E-state index in [2.05, 4.69) is 31.0 Å². The Labute approximate surface area is 124 Å². The number of hydrogen-bond acceptors (Lipinski definition) is 2. The number of rotatable bonds is 7. The number of nitrogens with one attached hydrogen (secondary N) is 1. The molecule has 20 heavy (non-hydrogen) atoms. The van der Waals surface area contributed by atoms with Crippen LogP contribution in [0.4, 0.5) is 0 Å². The highest BCUT2D eigenvalue weighted by Gasteiger charge is 2.40. The molecule has 0 spiro atoms. The third-order valence-corrected chi connectivity index (χ3v) is 5.33. The van der Waals surface area contributed by atoms with E-state index in [0.29, 0.717) is 11.8 Å². The van der Waals surface area contributed by atoms with Crippen molar-refractivity contribution in [3.63, 3.8) is 0 Å². The number of nitrogens with zero attached hydrogens (tertiary/aromatic N) is 1. The summed E-state index contributed by atoms with van der Waals surface area (Å²) in [6.07, 6.45) is 10.3. The van der Waals surface area contributed by atoms with E-state index >= 15 is 0 Å². The topological polar surface area (TPSA) is 32.3 Å². The van der Waals surface area contributed by atoms with Crippen molar-refractivity contribution in [2.45, 2.75) is 84.3 Å². The van der Waals surface area contributed by atoms with Gasteiger partial charge < -0.3 is 4.90 Å². The highest BCUT2D eigenvalue weighted by atomic mass is 16.2. The Morgan fingerprint density at radius 2 is 1.95 bits per heavy atom. The molecule has 1 amide bonds. The molecular weight excluding hydrogens is 248 g/mol. The summed E-state index contributed by atoms with van der Waals surface area (Å²) in [5.74, 6) is 1.67. The summed E-state index contributed by atoms with van der Waals surface area (Å²) in [4.78, 5) is 14.8. The van der Waals surface area contributed by atoms with Crippen LogP contribution >= 0.6 is 0 Å². The molecule has 1 saturated heterocycles. The van der Waals surface area contributed by atoms with Crippen LogP contribution in [-0.2, 0) is 4.79 Å². The summed E-state index contributed by atoms with van der Waals surface area (Å²) >= 11 is 0. The fourth-order valence-electron chi connectivity index (χ4n) is 3.74. The molecule has 0 aromatic rings. The molecule has 1 saturated carbocycles. The van der Waals surface area contributed by atoms with E-state index in [1.54, 1.807) is 0 Å². The lowest BCUT2D eigenvalue weighted by Crippen LogP contribution is -2.38. The zero-order valence-corrected chi connectivity index (χ0v) is 13.5. The van der Waals surface area contributed by atoms with Crippen LogP contribution < -0.4 is 5.32 Å². The first kappa shape index (κ1) is 15.8. The molecule has 3 nitrogen and oxygen atoms in total. The van der Waals surface area contributed by atoms with Gasteiger partial charge in [0.1, 0.15) is 0 Å². The maximum absolute atomic E-state index is 12.7. The number of hydrogen-bond donors (Lipinski definition) is 1. The van der Waals surface area contributed by atoms with Crippen LogP contribution in [0.3, 0.4) is 0 Å². The maximum atomic E-state index is 12.7. The van der Waals surface area contributed by atoms with Crippen LogP contribution in [0.1, 0.15) is 72.1 Å². The van der Waals surface area contributed by atoms with Gasteiger partial charge in [0.2, 0.25) is 5.91 Å². The molecule has 3 atom stereocenters. The highest BCUT2D eigenvalue weighted by molar-refractivity contribution is 5.84. The van der Waals surface area contributed by atoms with Crippen molar-refractivity contribution in [1.29, 1.82) is 0 Å². The first-order chi connectivity index (χ1) is 9.67. The fraction of sp³-hybridized carbons (Fsp3) is 0.941. The van der Waals surface area contributed by atoms with Gasteiger partial charge in [-0.1, -0.05) is 59.3 Å². The third kappa shape index (κ3) is 3.55. The molecule has 1 heterocycles. The molecule has 0 bridgehead atoms. The Balaban J connectivity index is 1.93. The van der Waals surface area contributed by atoms with Crippen LogP contribution in [-0.4, -0.2) is 29.6 Å². The summed E-state index contributed by atoms with van der Waals surface area (Å²) in [7, 11) is 0. The van der Waals surface area contributed by atoms with Crippen molar-refractivity contribution in [2.24, 2.45) is 11.8 Å². The largest absolute Gasteiger partial charge is 0.326 e. The second-order valence-electron chi connectivity index (χ2n) is 6.81. The summed E-state index contributed by atoms with van der Waals surface area (Å²) < 4.78 is 0. The number of carbonyl (C=O) groups excluding carboxylic acids is 1. The van der Waals surface area contributed by atoms with Gasteiger partial charge in [-0.15, -0.1) is 0 Å². The average Bonchev–Trinajstić information content (AvgIpc) is 3.05. The molecule has 1 N–H and O–H groups in total. The Bertz CT molecular complexity index is 312. The Morgan fingerprint density at radius 1 is 1.25 bits per heavy atom. The van der Waals surface area contributed by atoms with Gasteiger partial charge in [-0.3, -0.25) is 10.1 Å². The van der Waals surface area contributed by atoms with Crippen LogP contribution in [0.15, 0.2) is 0 Å². The standard InChI is InChI=1S/C17H32N2O/c1-4-8-15-18-16(13(3)5-2)17(20)19(15)12-11-14-9-6-7-10-14/h13-16,18H,4-12H2,1-3H3. The molecule has 0 aromatic heterocycles. The van der Waals surface area contributed by atoms with Crippen molar-refractivity contribution < 1.29 is 4.79 Å². The Hall–Kier alpha value is -0.570. The first-order valence-electron chi connectivity index (χ1n) is 8.73. The second kappa shape index (κ2) is 7.44. The first-order valence-corrected chi connectivity index (χ1v) is 8.73. The van der Waals surface area contributed by atoms with Crippen LogP contribution in [0.2, 0.25) is 0 Å². The SMILES string of the molecule is CCCC1NC(C(C)CC)C(=O)N1CCC1CCCC1. The molecule has 1 aliphatic carbocycles. The van der Waals surface area contributed by atoms with Crippen molar-refractivity contribution in [2.75, 3.05) is 6.54 Å². The van der Waals surface area contributed by atoms with E-state index in [1.807, 2.05) is 0 Å². The van der Waals surface area contributed by atoms with Crippen LogP contribution in [0, 0.1) is 11.8 Å². The summed E-state index contributed by atoms with van der Waals surface area (Å²) in [6.45, 7) is 7.54. The maximum Gasteiger partial charge on any atom is 0.241 e. The van der Waals surface area contributed by atoms with Gasteiger partial charge in [-0.2, -0.15) is 0 Å². The van der Waals surface area contributed by atoms with Crippen molar-refractivity contribution >= 4 is 5.91 Å². The molecule has 1 aliphatic heterocycles. The summed E-state index contributed by atoms with van der Waals surface area (Å²) in [6, 6.07) is 0.0557. The van der Waals surface area contributed by atoms with Gasteiger partial charge in [-0.25, -0.2) is 0 Å². The molecular formula is C17H32N2O. The Kier molecular flexibility index (Phi) is 5.88. The van der Waals surface area contributed by atoms with E-state index in [0.717, 1.165) is 31.7 Å². The van der Waals surface area contributed by atoms with E-state index < -0.39 is 0 Å². The number of amides is 1. The van der Waals surface area contributed by atoms with Gasteiger partial charge in [0, 0.05) is 6.54 Å². The predicted molar refractivity (Wildman–Crippen MR) is 83.4 cm³/mol. The van der Waals surface area contributed by atoms with E-state index in [9.17, 15) is 4.79 Å². The van der Waals surface area contributed by atoms with E-state index in [-0.39, 0.29) is 12.2 Å². The molecule has 0 radical (unpaired) electrons. The molecule has 2 rings (SSSR count). The van der Waals surface area contributed by atoms with Gasteiger partial charge in [-0.05, 0) is 24.7 Å². The minimum atomic E-state index is 0.0557. The lowest BCUT2D eigenvalue weighted by Gasteiger charge is -2.25. The van der Waals surface area contributed by atoms with Crippen molar-refractivity contribution in [3.05, 3.63) is 0 Å². The van der Waals surface area contributed by atoms with E-state index in [4.69, 9.17) is 0 Å². The quantitative estimate of drug-likeness (QED) is 0.773. The molecule has 0 aromatic carbocycles. The zero-order valence-electron chi connectivity index (χ0n) is 13.5. The molecule has 2 fully saturated rings. The minimum absolute atomic E-state index is 0.0557. The van der Waals surface area contributed by atoms with Gasteiger partial charge in [0.15, 0.2) is 0 Å². The zero-order chi connectivity index (χ0) is 14.5. The minimum Gasteiger partial charge on any atom is -0.326 e. The summed E-state index contributed by atoms with van der Waals surface area (Å²) in [5.41, 5.74) is 0. The van der Waals surface area contributed by atoms with Gasteiger partial charge >= 0.3 is 0 Å². The smallest absolute Gasteiger partial charge is 0.241 e. The monoisotopic (exact) mass is 280 g/mol. The molecule has 116 valence electrons. The lowest BCUT2D eigenvalue weighted by atomic mass is 9.99. The summed E-state index contributed by atoms with van der Waals surface area (Å²) in [5, 5.41) is 3.59. The van der Waals surface area contributed by atoms with Gasteiger partial charge in [0.05, 0.1) is 12.2 Å². The predicted octanol–water partition coefficient (Wildman–Crippen LogP) is 3.54. The van der Waals surface area contributed by atoms with Gasteiger partial charge in [0.25, 0.3) is 0 Å². The normalized spacial score (nSPS) is 29.4. The van der Waals surface area contributed by atoms with Crippen LogP contribution in [0.5, 0.6) is 0 Å². The fourth-order valence-corrected chi connectivity index (χ4v) is 3.74. The van der Waals surface area contributed by atoms with Crippen molar-refractivity contribution in [1.82, 2.24) is 10.2 Å². The number of carbonyl (C=O) groups is 1. The average molecular weight is 280 g/mol. The Morgan fingerprint density at radius 3 is 2.55 bits per heavy atom. The molecule has 3 unspecified atom stereocenters. The highest BCUT2D eigenvalue weighted by Crippen LogP contribution is 2.29. The third-order valence-electron chi connectivity index (χ3n) is 5.33. The van der Waals surface area contributed by atoms with E-state index in [1.165, 1.54) is 32.1 Å². The lowest BCUT2D eigenvalue weighted by molar-refractivity contribution is -0.131. The molecule has 2 aliphatic rings. The van der Waals surface area contributed by atoms with Crippen LogP contribution in [0.25, 0.3) is 0 Å². The second-order valence-corrected chi connectivity index (χ2v) is 6.81. The molecule has 3 heteroatoms.